The number of amides is 4. The van der Waals surface area contributed by atoms with Crippen LogP contribution in [0.25, 0.3) is 21.5 Å². The smallest absolute Gasteiger partial charge is 0.281 e. The molecule has 10 heteroatoms. The van der Waals surface area contributed by atoms with E-state index in [1.807, 2.05) is 52.5 Å². The van der Waals surface area contributed by atoms with Crippen molar-refractivity contribution in [3.63, 3.8) is 0 Å². The molecule has 0 aromatic heterocycles. The molecule has 0 atom stereocenters. The van der Waals surface area contributed by atoms with Crippen LogP contribution in [0.5, 0.6) is 0 Å². The van der Waals surface area contributed by atoms with Gasteiger partial charge in [-0.25, -0.2) is 0 Å². The lowest BCUT2D eigenvalue weighted by molar-refractivity contribution is 0.00212. The molecule has 0 saturated heterocycles. The Bertz CT molecular complexity index is 1650. The second-order valence-electron chi connectivity index (χ2n) is 11.8. The van der Waals surface area contributed by atoms with Gasteiger partial charge in [-0.1, -0.05) is 24.3 Å². The van der Waals surface area contributed by atoms with Crippen molar-refractivity contribution in [3.8, 4) is 0 Å². The molecule has 4 amide bonds. The van der Waals surface area contributed by atoms with Crippen LogP contribution in [0, 0.1) is 0 Å². The van der Waals surface area contributed by atoms with Gasteiger partial charge in [-0.3, -0.25) is 19.2 Å². The Labute approximate surface area is 256 Å². The lowest BCUT2D eigenvalue weighted by atomic mass is 9.92. The second-order valence-corrected chi connectivity index (χ2v) is 11.8. The molecule has 2 heterocycles. The lowest BCUT2D eigenvalue weighted by Crippen LogP contribution is -2.58. The van der Waals surface area contributed by atoms with Crippen molar-refractivity contribution < 1.29 is 19.2 Å². The van der Waals surface area contributed by atoms with E-state index in [0.717, 1.165) is 61.2 Å². The molecule has 4 aromatic carbocycles. The third kappa shape index (κ3) is 4.95. The minimum absolute atomic E-state index is 0.260. The van der Waals surface area contributed by atoms with Crippen LogP contribution in [0.1, 0.15) is 54.3 Å². The molecule has 0 saturated carbocycles. The third-order valence-electron chi connectivity index (χ3n) is 8.17. The largest absolute Gasteiger partial charge is 0.384 e. The molecule has 44 heavy (non-hydrogen) atoms. The summed E-state index contributed by atoms with van der Waals surface area (Å²) in [4.78, 5) is 60.1. The maximum absolute atomic E-state index is 14.0. The zero-order valence-corrected chi connectivity index (χ0v) is 25.4. The van der Waals surface area contributed by atoms with E-state index in [4.69, 9.17) is 0 Å². The van der Waals surface area contributed by atoms with Crippen LogP contribution in [0.4, 0.5) is 11.4 Å². The van der Waals surface area contributed by atoms with Gasteiger partial charge in [-0.05, 0) is 90.5 Å². The van der Waals surface area contributed by atoms with Gasteiger partial charge >= 0.3 is 0 Å². The van der Waals surface area contributed by atoms with Crippen molar-refractivity contribution in [1.29, 1.82) is 0 Å². The van der Waals surface area contributed by atoms with E-state index >= 15 is 0 Å². The van der Waals surface area contributed by atoms with E-state index in [2.05, 4.69) is 20.4 Å². The number of rotatable bonds is 11. The van der Waals surface area contributed by atoms with E-state index in [1.54, 1.807) is 36.4 Å². The predicted molar refractivity (Wildman–Crippen MR) is 172 cm³/mol. The SMILES string of the molecule is CN(C)CCCNc1ccc2c3c(cccc13)C(=O)N(N1C(=O)c3cccc4c(NCCCN(C)C)ccc(c34)C1=O)C2=O. The monoisotopic (exact) mass is 592 g/mol. The Hall–Kier alpha value is -4.80. The highest BCUT2D eigenvalue weighted by molar-refractivity contribution is 6.32. The van der Waals surface area contributed by atoms with Gasteiger partial charge in [0.1, 0.15) is 0 Å². The van der Waals surface area contributed by atoms with E-state index in [0.29, 0.717) is 20.8 Å². The van der Waals surface area contributed by atoms with Crippen molar-refractivity contribution in [2.75, 3.05) is 65.0 Å². The maximum Gasteiger partial charge on any atom is 0.281 e. The molecular formula is C34H36N6O4. The molecule has 0 bridgehead atoms. The Morgan fingerprint density at radius 3 is 1.25 bits per heavy atom. The van der Waals surface area contributed by atoms with Gasteiger partial charge in [0.05, 0.1) is 22.3 Å². The first-order valence-corrected chi connectivity index (χ1v) is 14.8. The molecular weight excluding hydrogens is 556 g/mol. The normalized spacial score (nSPS) is 14.5. The molecule has 0 radical (unpaired) electrons. The van der Waals surface area contributed by atoms with E-state index in [-0.39, 0.29) is 22.3 Å². The second kappa shape index (κ2) is 11.7. The number of anilines is 2. The first-order chi connectivity index (χ1) is 21.2. The van der Waals surface area contributed by atoms with Crippen LogP contribution in [0.3, 0.4) is 0 Å². The Morgan fingerprint density at radius 2 is 0.886 bits per heavy atom. The van der Waals surface area contributed by atoms with Crippen molar-refractivity contribution in [2.45, 2.75) is 12.8 Å². The summed E-state index contributed by atoms with van der Waals surface area (Å²) in [5.74, 6) is -2.85. The lowest BCUT2D eigenvalue weighted by Gasteiger charge is -2.37. The Kier molecular flexibility index (Phi) is 7.79. The highest BCUT2D eigenvalue weighted by atomic mass is 16.2. The fraction of sp³-hybridized carbons (Fsp3) is 0.294. The van der Waals surface area contributed by atoms with E-state index in [9.17, 15) is 19.2 Å². The van der Waals surface area contributed by atoms with Gasteiger partial charge < -0.3 is 20.4 Å². The van der Waals surface area contributed by atoms with Gasteiger partial charge in [-0.2, -0.15) is 10.0 Å². The minimum atomic E-state index is -0.714. The van der Waals surface area contributed by atoms with Crippen LogP contribution in [-0.4, -0.2) is 97.8 Å². The van der Waals surface area contributed by atoms with E-state index in [1.165, 1.54) is 0 Å². The average Bonchev–Trinajstić information content (AvgIpc) is 3.00. The van der Waals surface area contributed by atoms with Crippen LogP contribution >= 0.6 is 0 Å². The Morgan fingerprint density at radius 1 is 0.523 bits per heavy atom. The average molecular weight is 593 g/mol. The van der Waals surface area contributed by atoms with Gasteiger partial charge in [0.25, 0.3) is 23.6 Å². The first kappa shape index (κ1) is 29.3. The van der Waals surface area contributed by atoms with Crippen LogP contribution in [0.15, 0.2) is 60.7 Å². The molecule has 226 valence electrons. The zero-order chi connectivity index (χ0) is 31.1. The van der Waals surface area contributed by atoms with Crippen LogP contribution in [-0.2, 0) is 0 Å². The maximum atomic E-state index is 14.0. The van der Waals surface area contributed by atoms with Crippen LogP contribution in [0.2, 0.25) is 0 Å². The summed E-state index contributed by atoms with van der Waals surface area (Å²) in [6.45, 7) is 3.28. The summed E-state index contributed by atoms with van der Waals surface area (Å²) in [7, 11) is 8.08. The summed E-state index contributed by atoms with van der Waals surface area (Å²) < 4.78 is 0. The number of carbonyl (C=O) groups excluding carboxylic acids is 4. The van der Waals surface area contributed by atoms with Crippen molar-refractivity contribution in [3.05, 3.63) is 82.9 Å². The molecule has 0 spiro atoms. The number of benzene rings is 4. The highest BCUT2D eigenvalue weighted by Gasteiger charge is 2.45. The quantitative estimate of drug-likeness (QED) is 0.193. The molecule has 10 nitrogen and oxygen atoms in total. The van der Waals surface area contributed by atoms with Gasteiger partial charge in [0.15, 0.2) is 0 Å². The summed E-state index contributed by atoms with van der Waals surface area (Å²) in [6, 6.07) is 17.4. The number of imide groups is 2. The number of hydrogen-bond acceptors (Lipinski definition) is 8. The van der Waals surface area contributed by atoms with Crippen LogP contribution < -0.4 is 10.6 Å². The van der Waals surface area contributed by atoms with Crippen molar-refractivity contribution in [1.82, 2.24) is 19.8 Å². The fourth-order valence-electron chi connectivity index (χ4n) is 6.08. The minimum Gasteiger partial charge on any atom is -0.384 e. The molecule has 0 unspecified atom stereocenters. The number of hydrazine groups is 1. The summed E-state index contributed by atoms with van der Waals surface area (Å²) in [6.07, 6.45) is 1.84. The standard InChI is InChI=1S/C34H36N6O4/c1-37(2)19-7-17-35-27-15-13-25-29-21(27)9-5-11-23(29)31(41)39(33(25)43)40-32(42)24-12-6-10-22-28(36-18-8-20-38(3)4)16-14-26(30(22)24)34(40)44/h5-6,9-16,35-36H,7-8,17-20H2,1-4H3. The summed E-state index contributed by atoms with van der Waals surface area (Å²) in [5.41, 5.74) is 2.67. The predicted octanol–water partition coefficient (Wildman–Crippen LogP) is 4.53. The molecule has 4 aromatic rings. The zero-order valence-electron chi connectivity index (χ0n) is 25.4. The first-order valence-electron chi connectivity index (χ1n) is 14.8. The number of carbonyl (C=O) groups is 4. The molecule has 2 aliphatic rings. The summed E-state index contributed by atoms with van der Waals surface area (Å²) >= 11 is 0. The van der Waals surface area contributed by atoms with E-state index < -0.39 is 23.6 Å². The highest BCUT2D eigenvalue weighted by Crippen LogP contribution is 2.39. The molecule has 0 fully saturated rings. The number of hydrogen-bond donors (Lipinski definition) is 2. The summed E-state index contributed by atoms with van der Waals surface area (Å²) in [5, 5.41) is 10.8. The van der Waals surface area contributed by atoms with Gasteiger partial charge in [-0.15, -0.1) is 0 Å². The topological polar surface area (TPSA) is 105 Å². The number of nitrogens with zero attached hydrogens (tertiary/aromatic N) is 4. The molecule has 2 N–H and O–H groups in total. The number of nitrogens with one attached hydrogen (secondary N) is 2. The van der Waals surface area contributed by atoms with Gasteiger partial charge in [0.2, 0.25) is 0 Å². The van der Waals surface area contributed by atoms with Crippen molar-refractivity contribution >= 4 is 56.5 Å². The molecule has 2 aliphatic heterocycles. The molecule has 0 aliphatic carbocycles. The Balaban J connectivity index is 1.34. The van der Waals surface area contributed by atoms with Crippen molar-refractivity contribution in [2.24, 2.45) is 0 Å². The third-order valence-corrected chi connectivity index (χ3v) is 8.17. The fourth-order valence-corrected chi connectivity index (χ4v) is 6.08. The van der Waals surface area contributed by atoms with Gasteiger partial charge in [0, 0.05) is 46.0 Å². The molecule has 6 rings (SSSR count).